The monoisotopic (exact) mass is 465 g/mol. The molecule has 2 aromatic carbocycles. The number of halogens is 1. The van der Waals surface area contributed by atoms with Crippen molar-refractivity contribution >= 4 is 41.8 Å². The number of amides is 1. The largest absolute Gasteiger partial charge is 0.488 e. The molecule has 1 unspecified atom stereocenters. The highest BCUT2D eigenvalue weighted by atomic mass is 19.1. The van der Waals surface area contributed by atoms with E-state index in [0.717, 1.165) is 11.6 Å². The first kappa shape index (κ1) is 23.4. The fraction of sp³-hybridized carbons (Fsp3) is 0.273. The molecule has 1 aliphatic rings. The van der Waals surface area contributed by atoms with Gasteiger partial charge in [-0.1, -0.05) is 24.3 Å². The summed E-state index contributed by atoms with van der Waals surface area (Å²) in [5.74, 6) is -0.0820. The summed E-state index contributed by atoms with van der Waals surface area (Å²) in [5, 5.41) is 30.7. The van der Waals surface area contributed by atoms with Gasteiger partial charge in [0.05, 0.1) is 5.69 Å². The summed E-state index contributed by atoms with van der Waals surface area (Å²) in [6, 6.07) is 9.21. The van der Waals surface area contributed by atoms with Crippen LogP contribution >= 0.6 is 0 Å². The van der Waals surface area contributed by atoms with Crippen molar-refractivity contribution in [2.24, 2.45) is 5.73 Å². The number of primary amides is 1. The number of carbonyl (C=O) groups excluding carboxylic acids is 1. The van der Waals surface area contributed by atoms with Crippen LogP contribution in [0, 0.1) is 5.82 Å². The third-order valence-electron chi connectivity index (χ3n) is 5.66. The van der Waals surface area contributed by atoms with Crippen LogP contribution < -0.4 is 26.3 Å². The van der Waals surface area contributed by atoms with E-state index in [2.05, 4.69) is 20.5 Å². The van der Waals surface area contributed by atoms with Crippen LogP contribution in [0.4, 0.5) is 27.7 Å². The van der Waals surface area contributed by atoms with Crippen LogP contribution in [-0.2, 0) is 13.0 Å². The Balaban J connectivity index is 1.70. The van der Waals surface area contributed by atoms with E-state index < -0.39 is 18.8 Å². The fourth-order valence-electron chi connectivity index (χ4n) is 4.08. The van der Waals surface area contributed by atoms with Crippen LogP contribution in [0.2, 0.25) is 0 Å². The standard InChI is InChI=1S/C22H25BFN7O3/c1-12-7-16-17(19(25)32)9-15(24)10-18(16)31(12)22-27-20(21(28-29-22)30(2)3)26-11-13-5-4-6-14(8-13)23(33)34/h4-6,8-10,12,33-34H,7,11H2,1-3H3,(H2,25,32)(H,26,27,29). The lowest BCUT2D eigenvalue weighted by Gasteiger charge is -2.24. The minimum absolute atomic E-state index is 0.145. The zero-order chi connectivity index (χ0) is 24.6. The van der Waals surface area contributed by atoms with Crippen LogP contribution in [0.25, 0.3) is 0 Å². The third kappa shape index (κ3) is 4.50. The number of anilines is 4. The van der Waals surface area contributed by atoms with Gasteiger partial charge in [0.1, 0.15) is 5.82 Å². The molecule has 3 aromatic rings. The van der Waals surface area contributed by atoms with Gasteiger partial charge in [0.2, 0.25) is 5.91 Å². The molecule has 4 rings (SSSR count). The van der Waals surface area contributed by atoms with E-state index in [-0.39, 0.29) is 17.6 Å². The van der Waals surface area contributed by atoms with Crippen LogP contribution in [0.5, 0.6) is 0 Å². The zero-order valence-electron chi connectivity index (χ0n) is 19.0. The predicted molar refractivity (Wildman–Crippen MR) is 128 cm³/mol. The van der Waals surface area contributed by atoms with Gasteiger partial charge < -0.3 is 30.9 Å². The second kappa shape index (κ2) is 9.24. The molecule has 0 aliphatic carbocycles. The van der Waals surface area contributed by atoms with E-state index in [1.54, 1.807) is 28.0 Å². The molecule has 2 heterocycles. The zero-order valence-corrected chi connectivity index (χ0v) is 19.0. The first-order chi connectivity index (χ1) is 16.2. The van der Waals surface area contributed by atoms with Gasteiger partial charge in [0.25, 0.3) is 5.95 Å². The molecule has 12 heteroatoms. The summed E-state index contributed by atoms with van der Waals surface area (Å²) in [6.07, 6.45) is 0.478. The summed E-state index contributed by atoms with van der Waals surface area (Å²) in [7, 11) is 2.05. The molecule has 1 aromatic heterocycles. The van der Waals surface area contributed by atoms with E-state index in [9.17, 15) is 19.2 Å². The molecule has 5 N–H and O–H groups in total. The second-order valence-electron chi connectivity index (χ2n) is 8.39. The number of benzene rings is 2. The highest BCUT2D eigenvalue weighted by Gasteiger charge is 2.33. The highest BCUT2D eigenvalue weighted by molar-refractivity contribution is 6.58. The number of rotatable bonds is 7. The lowest BCUT2D eigenvalue weighted by atomic mass is 9.80. The van der Waals surface area contributed by atoms with Crippen molar-refractivity contribution in [3.8, 4) is 0 Å². The quantitative estimate of drug-likeness (QED) is 0.368. The molecule has 1 amide bonds. The SMILES string of the molecule is CC1Cc2c(C(N)=O)cc(F)cc2N1c1nnc(N(C)C)c(NCc2cccc(B(O)O)c2)n1. The predicted octanol–water partition coefficient (Wildman–Crippen LogP) is 0.550. The highest BCUT2D eigenvalue weighted by Crippen LogP contribution is 2.39. The average molecular weight is 465 g/mol. The molecule has 0 fully saturated rings. The smallest absolute Gasteiger partial charge is 0.423 e. The Kier molecular flexibility index (Phi) is 6.35. The maximum Gasteiger partial charge on any atom is 0.488 e. The molecule has 10 nitrogen and oxygen atoms in total. The average Bonchev–Trinajstić information content (AvgIpc) is 3.12. The molecular weight excluding hydrogens is 440 g/mol. The number of carbonyl (C=O) groups is 1. The van der Waals surface area contributed by atoms with E-state index in [1.165, 1.54) is 6.07 Å². The Morgan fingerprint density at radius 2 is 2.06 bits per heavy atom. The lowest BCUT2D eigenvalue weighted by molar-refractivity contribution is 0.0999. The minimum atomic E-state index is -1.56. The number of aromatic nitrogens is 3. The fourth-order valence-corrected chi connectivity index (χ4v) is 4.08. The number of hydrogen-bond donors (Lipinski definition) is 4. The summed E-state index contributed by atoms with van der Waals surface area (Å²) >= 11 is 0. The van der Waals surface area contributed by atoms with E-state index in [1.807, 2.05) is 27.1 Å². The molecule has 1 atom stereocenters. The number of hydrogen-bond acceptors (Lipinski definition) is 9. The maximum atomic E-state index is 14.3. The molecule has 0 bridgehead atoms. The van der Waals surface area contributed by atoms with Crippen molar-refractivity contribution in [3.05, 3.63) is 58.9 Å². The molecule has 176 valence electrons. The lowest BCUT2D eigenvalue weighted by Crippen LogP contribution is -2.30. The van der Waals surface area contributed by atoms with Gasteiger partial charge in [-0.3, -0.25) is 4.79 Å². The van der Waals surface area contributed by atoms with Crippen molar-refractivity contribution in [1.29, 1.82) is 0 Å². The minimum Gasteiger partial charge on any atom is -0.423 e. The van der Waals surface area contributed by atoms with Gasteiger partial charge in [-0.15, -0.1) is 10.2 Å². The number of nitrogens with two attached hydrogens (primary N) is 1. The van der Waals surface area contributed by atoms with Gasteiger partial charge in [-0.2, -0.15) is 4.98 Å². The summed E-state index contributed by atoms with van der Waals surface area (Å²) in [4.78, 5) is 20.0. The number of nitrogens with zero attached hydrogens (tertiary/aromatic N) is 5. The Hall–Kier alpha value is -3.77. The van der Waals surface area contributed by atoms with Crippen LogP contribution in [0.3, 0.4) is 0 Å². The van der Waals surface area contributed by atoms with Crippen molar-refractivity contribution in [2.45, 2.75) is 25.9 Å². The Labute approximate surface area is 196 Å². The Bertz CT molecular complexity index is 1240. The molecule has 1 aliphatic heterocycles. The van der Waals surface area contributed by atoms with E-state index in [4.69, 9.17) is 5.73 Å². The van der Waals surface area contributed by atoms with E-state index >= 15 is 0 Å². The molecule has 34 heavy (non-hydrogen) atoms. The van der Waals surface area contributed by atoms with Gasteiger partial charge in [0.15, 0.2) is 11.6 Å². The summed E-state index contributed by atoms with van der Waals surface area (Å²) in [6.45, 7) is 2.26. The Morgan fingerprint density at radius 3 is 2.74 bits per heavy atom. The van der Waals surface area contributed by atoms with Crippen molar-refractivity contribution in [3.63, 3.8) is 0 Å². The van der Waals surface area contributed by atoms with Gasteiger partial charge in [-0.25, -0.2) is 4.39 Å². The van der Waals surface area contributed by atoms with E-state index in [0.29, 0.717) is 41.3 Å². The maximum absolute atomic E-state index is 14.3. The molecule has 0 saturated carbocycles. The van der Waals surface area contributed by atoms with Gasteiger partial charge >= 0.3 is 7.12 Å². The van der Waals surface area contributed by atoms with Crippen LogP contribution in [0.15, 0.2) is 36.4 Å². The van der Waals surface area contributed by atoms with Crippen LogP contribution in [0.1, 0.15) is 28.4 Å². The number of nitrogens with one attached hydrogen (secondary N) is 1. The summed E-state index contributed by atoms with van der Waals surface area (Å²) in [5.41, 5.74) is 7.94. The molecule has 0 saturated heterocycles. The first-order valence-corrected chi connectivity index (χ1v) is 10.7. The van der Waals surface area contributed by atoms with Gasteiger partial charge in [0, 0.05) is 32.2 Å². The molecule has 0 radical (unpaired) electrons. The molecular formula is C22H25BFN7O3. The topological polar surface area (TPSA) is 141 Å². The molecule has 0 spiro atoms. The first-order valence-electron chi connectivity index (χ1n) is 10.7. The van der Waals surface area contributed by atoms with Crippen molar-refractivity contribution < 1.29 is 19.2 Å². The normalized spacial score (nSPS) is 14.6. The van der Waals surface area contributed by atoms with Crippen molar-refractivity contribution in [2.75, 3.05) is 29.2 Å². The van der Waals surface area contributed by atoms with Crippen molar-refractivity contribution in [1.82, 2.24) is 15.2 Å². The Morgan fingerprint density at radius 1 is 1.29 bits per heavy atom. The summed E-state index contributed by atoms with van der Waals surface area (Å²) < 4.78 is 14.3. The number of fused-ring (bicyclic) bond motifs is 1. The van der Waals surface area contributed by atoms with Gasteiger partial charge in [-0.05, 0) is 42.1 Å². The third-order valence-corrected chi connectivity index (χ3v) is 5.66. The van der Waals surface area contributed by atoms with Crippen LogP contribution in [-0.4, -0.2) is 58.4 Å². The second-order valence-corrected chi connectivity index (χ2v) is 8.39.